The van der Waals surface area contributed by atoms with Gasteiger partial charge in [-0.2, -0.15) is 26.3 Å². The van der Waals surface area contributed by atoms with Crippen LogP contribution in [0.5, 0.6) is 0 Å². The molecule has 0 aliphatic rings. The fourth-order valence-corrected chi connectivity index (χ4v) is 0.685. The number of rotatable bonds is 4. The third-order valence-electron chi connectivity index (χ3n) is 1.50. The molecule has 0 rings (SSSR count). The molecule has 0 fully saturated rings. The van der Waals surface area contributed by atoms with Crippen LogP contribution in [0.15, 0.2) is 0 Å². The SMILES string of the molecule is CC(=[OH+])CC(=[OH+])C(F)(F)F.CC(=[OH+])CC(=[OH+])C(F)(F)F.[Ni]. The normalized spacial score (nSPS) is 10.7. The van der Waals surface area contributed by atoms with Crippen molar-refractivity contribution >= 4 is 23.1 Å². The van der Waals surface area contributed by atoms with Crippen LogP contribution in [0.3, 0.4) is 0 Å². The first-order chi connectivity index (χ1) is 8.67. The largest absolute Gasteiger partial charge is 0.505 e. The summed E-state index contributed by atoms with van der Waals surface area (Å²) in [5.41, 5.74) is 0. The van der Waals surface area contributed by atoms with Crippen molar-refractivity contribution in [1.82, 2.24) is 0 Å². The number of hydrogen-bond donors (Lipinski definition) is 0. The molecule has 0 radical (unpaired) electrons. The van der Waals surface area contributed by atoms with Crippen molar-refractivity contribution in [2.45, 2.75) is 39.0 Å². The summed E-state index contributed by atoms with van der Waals surface area (Å²) in [6, 6.07) is 0. The number of hydrogen-bond acceptors (Lipinski definition) is 0. The van der Waals surface area contributed by atoms with Crippen LogP contribution in [0.4, 0.5) is 26.3 Å². The summed E-state index contributed by atoms with van der Waals surface area (Å²) < 4.78 is 68.4. The summed E-state index contributed by atoms with van der Waals surface area (Å²) in [6.45, 7) is 2.17. The van der Waals surface area contributed by atoms with E-state index in [1.165, 1.54) is 0 Å². The van der Waals surface area contributed by atoms with Crippen molar-refractivity contribution in [3.05, 3.63) is 0 Å². The van der Waals surface area contributed by atoms with Crippen molar-refractivity contribution in [2.75, 3.05) is 0 Å². The van der Waals surface area contributed by atoms with Gasteiger partial charge in [0.1, 0.15) is 0 Å². The molecule has 0 aromatic rings. The predicted molar refractivity (Wildman–Crippen MR) is 60.5 cm³/mol. The quantitative estimate of drug-likeness (QED) is 0.314. The first kappa shape index (κ1) is 24.8. The van der Waals surface area contributed by atoms with Crippen LogP contribution in [-0.2, 0) is 16.5 Å². The van der Waals surface area contributed by atoms with Gasteiger partial charge in [0.25, 0.3) is 0 Å². The van der Waals surface area contributed by atoms with Gasteiger partial charge in [0.15, 0.2) is 12.8 Å². The molecule has 0 unspecified atom stereocenters. The van der Waals surface area contributed by atoms with Crippen LogP contribution in [0.2, 0.25) is 0 Å². The maximum atomic E-state index is 11.4. The van der Waals surface area contributed by atoms with Crippen LogP contribution in [-0.4, -0.2) is 54.7 Å². The van der Waals surface area contributed by atoms with Gasteiger partial charge in [0, 0.05) is 30.3 Å². The van der Waals surface area contributed by atoms with Gasteiger partial charge < -0.3 is 0 Å². The molecule has 0 heterocycles. The van der Waals surface area contributed by atoms with E-state index < -0.39 is 48.3 Å². The summed E-state index contributed by atoms with van der Waals surface area (Å²) in [6.07, 6.45) is -11.1. The molecule has 0 saturated heterocycles. The number of halogens is 6. The minimum absolute atomic E-state index is 0. The van der Waals surface area contributed by atoms with Crippen molar-refractivity contribution in [3.8, 4) is 0 Å². The molecule has 0 amide bonds. The molecule has 4 N–H and O–H groups in total. The second-order valence-corrected chi connectivity index (χ2v) is 3.71. The van der Waals surface area contributed by atoms with Gasteiger partial charge in [-0.25, -0.2) is 0 Å². The second kappa shape index (κ2) is 9.65. The zero-order chi connectivity index (χ0) is 16.7. The summed E-state index contributed by atoms with van der Waals surface area (Å²) in [4.78, 5) is 33.0. The smallest absolute Gasteiger partial charge is 0.283 e. The van der Waals surface area contributed by atoms with E-state index in [9.17, 15) is 26.3 Å². The Balaban J connectivity index is -0.000000295. The average Bonchev–Trinajstić information content (AvgIpc) is 2.13. The van der Waals surface area contributed by atoms with E-state index >= 15 is 0 Å². The number of alkyl halides is 6. The van der Waals surface area contributed by atoms with Gasteiger partial charge in [-0.05, 0) is 0 Å². The minimum Gasteiger partial charge on any atom is -0.283 e. The van der Waals surface area contributed by atoms with Crippen molar-refractivity contribution in [1.29, 1.82) is 0 Å². The third-order valence-corrected chi connectivity index (χ3v) is 1.50. The third kappa shape index (κ3) is 15.0. The van der Waals surface area contributed by atoms with Crippen molar-refractivity contribution < 1.29 is 62.0 Å². The van der Waals surface area contributed by atoms with Crippen molar-refractivity contribution in [3.63, 3.8) is 0 Å². The Bertz CT molecular complexity index is 361. The van der Waals surface area contributed by atoms with E-state index in [0.29, 0.717) is 0 Å². The molecule has 4 nitrogen and oxygen atoms in total. The topological polar surface area (TPSA) is 85.6 Å². The van der Waals surface area contributed by atoms with Gasteiger partial charge in [0.05, 0.1) is 0 Å². The number of carbonyl (C=O) groups excluding carboxylic acids is 4. The molecule has 0 aliphatic carbocycles. The Hall–Kier alpha value is -1.25. The average molecular weight is 371 g/mol. The predicted octanol–water partition coefficient (Wildman–Crippen LogP) is 2.09. The molecule has 21 heavy (non-hydrogen) atoms. The molecule has 11 heteroatoms. The molecular formula is C10H14F6NiO4+4. The van der Waals surface area contributed by atoms with Crippen molar-refractivity contribution in [2.24, 2.45) is 0 Å². The molecule has 0 bridgehead atoms. The Morgan fingerprint density at radius 2 is 0.857 bits per heavy atom. The summed E-state index contributed by atoms with van der Waals surface area (Å²) in [7, 11) is 0. The molecule has 0 aromatic carbocycles. The molecule has 0 aliphatic heterocycles. The van der Waals surface area contributed by atoms with Crippen LogP contribution in [0, 0.1) is 0 Å². The fourth-order valence-electron chi connectivity index (χ4n) is 0.685. The zero-order valence-electron chi connectivity index (χ0n) is 10.8. The first-order valence-corrected chi connectivity index (χ1v) is 4.94. The van der Waals surface area contributed by atoms with E-state index in [-0.39, 0.29) is 16.5 Å². The first-order valence-electron chi connectivity index (χ1n) is 4.94. The Morgan fingerprint density at radius 1 is 0.667 bits per heavy atom. The summed E-state index contributed by atoms with van der Waals surface area (Å²) in [5, 5.41) is 0. The van der Waals surface area contributed by atoms with E-state index in [0.717, 1.165) is 13.8 Å². The maximum absolute atomic E-state index is 11.4. The summed E-state index contributed by atoms with van der Waals surface area (Å²) >= 11 is 0. The fraction of sp³-hybridized carbons (Fsp3) is 0.600. The van der Waals surface area contributed by atoms with E-state index in [2.05, 4.69) is 0 Å². The van der Waals surface area contributed by atoms with Gasteiger partial charge in [-0.3, -0.25) is 19.2 Å². The van der Waals surface area contributed by atoms with Crippen LogP contribution < -0.4 is 0 Å². The summed E-state index contributed by atoms with van der Waals surface area (Å²) in [5.74, 6) is -4.27. The van der Waals surface area contributed by atoms with Gasteiger partial charge in [0.2, 0.25) is 0 Å². The standard InChI is InChI=1S/2C5H5F3O2.Ni/c2*1-3(9)2-4(10)5(6,7)8;/h2*2H2,1H3;/p+4. The number of ketones is 4. The molecule has 0 spiro atoms. The molecular weight excluding hydrogens is 357 g/mol. The minimum atomic E-state index is -4.72. The Morgan fingerprint density at radius 3 is 0.905 bits per heavy atom. The van der Waals surface area contributed by atoms with Gasteiger partial charge >= 0.3 is 35.5 Å². The van der Waals surface area contributed by atoms with Gasteiger partial charge in [-0.15, -0.1) is 0 Å². The van der Waals surface area contributed by atoms with E-state index in [1.807, 2.05) is 0 Å². The monoisotopic (exact) mass is 370 g/mol. The molecule has 0 aromatic heterocycles. The van der Waals surface area contributed by atoms with Crippen LogP contribution in [0.25, 0.3) is 0 Å². The Labute approximate surface area is 125 Å². The Kier molecular flexibility index (Phi) is 11.4. The van der Waals surface area contributed by atoms with Gasteiger partial charge in [-0.1, -0.05) is 0 Å². The van der Waals surface area contributed by atoms with Crippen LogP contribution in [0.1, 0.15) is 26.7 Å². The van der Waals surface area contributed by atoms with E-state index in [4.69, 9.17) is 19.2 Å². The second-order valence-electron chi connectivity index (χ2n) is 3.71. The molecule has 0 atom stereocenters. The van der Waals surface area contributed by atoms with E-state index in [1.54, 1.807) is 0 Å². The zero-order valence-corrected chi connectivity index (χ0v) is 11.8. The maximum Gasteiger partial charge on any atom is 0.505 e. The van der Waals surface area contributed by atoms with Crippen LogP contribution >= 0.6 is 0 Å². The molecule has 0 saturated carbocycles. The molecule has 126 valence electrons.